The van der Waals surface area contributed by atoms with Crippen LogP contribution in [0.5, 0.6) is 0 Å². The number of hydrogen-bond acceptors (Lipinski definition) is 2. The first-order chi connectivity index (χ1) is 7.74. The number of rotatable bonds is 3. The van der Waals surface area contributed by atoms with Gasteiger partial charge < -0.3 is 0 Å². The Balaban J connectivity index is 2.56. The summed E-state index contributed by atoms with van der Waals surface area (Å²) in [4.78, 5) is 0. The average molecular weight is 349 g/mol. The third-order valence-electron chi connectivity index (χ3n) is 2.18. The van der Waals surface area contributed by atoms with Crippen molar-refractivity contribution in [3.63, 3.8) is 0 Å². The molecule has 1 heterocycles. The molecule has 0 aliphatic heterocycles. The number of alkyl halides is 1. The second-order valence-corrected chi connectivity index (χ2v) is 4.72. The number of H-pyrrole nitrogens is 1. The molecule has 0 radical (unpaired) electrons. The Morgan fingerprint density at radius 1 is 1.44 bits per heavy atom. The predicted octanol–water partition coefficient (Wildman–Crippen LogP) is 3.18. The van der Waals surface area contributed by atoms with Crippen molar-refractivity contribution in [1.82, 2.24) is 14.8 Å². The number of hydrogen-bond donors (Lipinski definition) is 1. The van der Waals surface area contributed by atoms with Crippen molar-refractivity contribution in [2.24, 2.45) is 0 Å². The maximum absolute atomic E-state index is 12.4. The van der Waals surface area contributed by atoms with Crippen LogP contribution in [0.15, 0.2) is 24.3 Å². The van der Waals surface area contributed by atoms with Crippen LogP contribution in [-0.4, -0.2) is 21.4 Å². The lowest BCUT2D eigenvalue weighted by Gasteiger charge is -2.05. The van der Waals surface area contributed by atoms with Crippen molar-refractivity contribution in [3.8, 4) is 11.4 Å². The third-order valence-corrected chi connectivity index (χ3v) is 3.43. The highest BCUT2D eigenvalue weighted by Crippen LogP contribution is 2.23. The lowest BCUT2D eigenvalue weighted by Crippen LogP contribution is -2.03. The summed E-state index contributed by atoms with van der Waals surface area (Å²) in [6, 6.07) is 7.80. The molecule has 1 N–H and O–H groups in total. The van der Waals surface area contributed by atoms with Crippen LogP contribution in [-0.2, 0) is 6.54 Å². The van der Waals surface area contributed by atoms with E-state index in [2.05, 4.69) is 32.8 Å². The number of aromatic nitrogens is 3. The van der Waals surface area contributed by atoms with Gasteiger partial charge in [0.05, 0.1) is 6.54 Å². The van der Waals surface area contributed by atoms with Crippen molar-refractivity contribution in [2.45, 2.75) is 6.54 Å². The molecule has 0 bridgehead atoms. The maximum atomic E-state index is 12.4. The molecule has 1 aromatic heterocycles. The standard InChI is InChI=1S/C10H9FIN3S/c11-5-6-15-9(13-14-10(15)16)7-3-1-2-4-8(7)12/h1-4H,5-6H2,(H,14,16). The molecule has 0 unspecified atom stereocenters. The van der Waals surface area contributed by atoms with E-state index in [1.807, 2.05) is 24.3 Å². The van der Waals surface area contributed by atoms with Crippen LogP contribution in [0.3, 0.4) is 0 Å². The van der Waals surface area contributed by atoms with E-state index in [1.165, 1.54) is 0 Å². The summed E-state index contributed by atoms with van der Waals surface area (Å²) in [5.74, 6) is 0.688. The zero-order valence-corrected chi connectivity index (χ0v) is 11.3. The fraction of sp³-hybridized carbons (Fsp3) is 0.200. The van der Waals surface area contributed by atoms with Gasteiger partial charge in [0.15, 0.2) is 10.6 Å². The summed E-state index contributed by atoms with van der Waals surface area (Å²) in [6.45, 7) is -0.222. The summed E-state index contributed by atoms with van der Waals surface area (Å²) in [5, 5.41) is 6.83. The van der Waals surface area contributed by atoms with Gasteiger partial charge in [-0.05, 0) is 40.9 Å². The van der Waals surface area contributed by atoms with Crippen LogP contribution in [0, 0.1) is 8.34 Å². The topological polar surface area (TPSA) is 33.6 Å². The van der Waals surface area contributed by atoms with Crippen molar-refractivity contribution < 1.29 is 4.39 Å². The van der Waals surface area contributed by atoms with Gasteiger partial charge >= 0.3 is 0 Å². The van der Waals surface area contributed by atoms with E-state index < -0.39 is 6.67 Å². The van der Waals surface area contributed by atoms with E-state index in [-0.39, 0.29) is 6.54 Å². The fourth-order valence-corrected chi connectivity index (χ4v) is 2.31. The Bertz CT molecular complexity index is 549. The zero-order chi connectivity index (χ0) is 11.5. The first-order valence-corrected chi connectivity index (χ1v) is 6.19. The van der Waals surface area contributed by atoms with Gasteiger partial charge in [-0.15, -0.1) is 0 Å². The lowest BCUT2D eigenvalue weighted by atomic mass is 10.2. The van der Waals surface area contributed by atoms with Crippen molar-refractivity contribution in [1.29, 1.82) is 0 Å². The predicted molar refractivity (Wildman–Crippen MR) is 71.5 cm³/mol. The Morgan fingerprint density at radius 3 is 2.88 bits per heavy atom. The van der Waals surface area contributed by atoms with Gasteiger partial charge in [-0.2, -0.15) is 5.10 Å². The number of aromatic amines is 1. The summed E-state index contributed by atoms with van der Waals surface area (Å²) in [5.41, 5.74) is 0.962. The second kappa shape index (κ2) is 5.05. The minimum atomic E-state index is -0.454. The van der Waals surface area contributed by atoms with Crippen LogP contribution >= 0.6 is 34.8 Å². The largest absolute Gasteiger partial charge is 0.297 e. The van der Waals surface area contributed by atoms with Crippen LogP contribution in [0.25, 0.3) is 11.4 Å². The number of halogens is 2. The van der Waals surface area contributed by atoms with Crippen molar-refractivity contribution >= 4 is 34.8 Å². The van der Waals surface area contributed by atoms with Crippen molar-refractivity contribution in [2.75, 3.05) is 6.67 Å². The monoisotopic (exact) mass is 349 g/mol. The minimum Gasteiger partial charge on any atom is -0.297 e. The molecular weight excluding hydrogens is 340 g/mol. The SMILES string of the molecule is FCCn1c(-c2ccccc2I)n[nH]c1=S. The number of nitrogens with zero attached hydrogens (tertiary/aromatic N) is 2. The molecule has 3 nitrogen and oxygen atoms in total. The summed E-state index contributed by atoms with van der Waals surface area (Å²) in [6.07, 6.45) is 0. The summed E-state index contributed by atoms with van der Waals surface area (Å²) < 4.78 is 15.6. The molecule has 0 saturated heterocycles. The number of benzene rings is 1. The van der Waals surface area contributed by atoms with E-state index in [4.69, 9.17) is 12.2 Å². The molecule has 0 atom stereocenters. The average Bonchev–Trinajstić information content (AvgIpc) is 2.62. The quantitative estimate of drug-likeness (QED) is 0.682. The molecule has 0 saturated carbocycles. The molecule has 84 valence electrons. The summed E-state index contributed by atoms with van der Waals surface area (Å²) in [7, 11) is 0. The Morgan fingerprint density at radius 2 is 2.19 bits per heavy atom. The molecular formula is C10H9FIN3S. The van der Waals surface area contributed by atoms with Crippen LogP contribution < -0.4 is 0 Å². The van der Waals surface area contributed by atoms with Gasteiger partial charge in [-0.25, -0.2) is 4.39 Å². The Kier molecular flexibility index (Phi) is 3.70. The highest BCUT2D eigenvalue weighted by Gasteiger charge is 2.10. The second-order valence-electron chi connectivity index (χ2n) is 3.17. The van der Waals surface area contributed by atoms with Crippen LogP contribution in [0.4, 0.5) is 4.39 Å². The van der Waals surface area contributed by atoms with Crippen LogP contribution in [0.1, 0.15) is 0 Å². The highest BCUT2D eigenvalue weighted by atomic mass is 127. The first kappa shape index (κ1) is 11.7. The molecule has 16 heavy (non-hydrogen) atoms. The molecule has 2 aromatic rings. The van der Waals surface area contributed by atoms with Crippen LogP contribution in [0.2, 0.25) is 0 Å². The molecule has 0 aliphatic carbocycles. The van der Waals surface area contributed by atoms with Gasteiger partial charge in [0.25, 0.3) is 0 Å². The van der Waals surface area contributed by atoms with Gasteiger partial charge in [-0.3, -0.25) is 9.67 Å². The molecule has 0 amide bonds. The first-order valence-electron chi connectivity index (χ1n) is 4.70. The summed E-state index contributed by atoms with van der Waals surface area (Å²) >= 11 is 7.28. The molecule has 0 spiro atoms. The normalized spacial score (nSPS) is 10.6. The van der Waals surface area contributed by atoms with E-state index in [1.54, 1.807) is 4.57 Å². The van der Waals surface area contributed by atoms with Crippen molar-refractivity contribution in [3.05, 3.63) is 32.6 Å². The smallest absolute Gasteiger partial charge is 0.195 e. The van der Waals surface area contributed by atoms with E-state index in [9.17, 15) is 4.39 Å². The number of nitrogens with one attached hydrogen (secondary N) is 1. The van der Waals surface area contributed by atoms with E-state index >= 15 is 0 Å². The van der Waals surface area contributed by atoms with E-state index in [0.717, 1.165) is 9.13 Å². The zero-order valence-electron chi connectivity index (χ0n) is 8.28. The Labute approximate surface area is 111 Å². The van der Waals surface area contributed by atoms with E-state index in [0.29, 0.717) is 10.6 Å². The molecule has 0 fully saturated rings. The van der Waals surface area contributed by atoms with Gasteiger partial charge in [0.2, 0.25) is 0 Å². The molecule has 0 aliphatic rings. The third kappa shape index (κ3) is 2.17. The lowest BCUT2D eigenvalue weighted by molar-refractivity contribution is 0.445. The highest BCUT2D eigenvalue weighted by molar-refractivity contribution is 14.1. The fourth-order valence-electron chi connectivity index (χ4n) is 1.46. The molecule has 6 heteroatoms. The van der Waals surface area contributed by atoms with Gasteiger partial charge in [-0.1, -0.05) is 18.2 Å². The molecule has 1 aromatic carbocycles. The van der Waals surface area contributed by atoms with Gasteiger partial charge in [0.1, 0.15) is 6.67 Å². The molecule has 2 rings (SSSR count). The Hall–Kier alpha value is -0.760. The minimum absolute atomic E-state index is 0.232. The van der Waals surface area contributed by atoms with Gasteiger partial charge in [0, 0.05) is 9.13 Å². The maximum Gasteiger partial charge on any atom is 0.195 e.